The van der Waals surface area contributed by atoms with Crippen molar-refractivity contribution in [3.8, 4) is 0 Å². The summed E-state index contributed by atoms with van der Waals surface area (Å²) >= 11 is 0. The normalized spacial score (nSPS) is 10.8. The van der Waals surface area contributed by atoms with E-state index in [9.17, 15) is 0 Å². The Morgan fingerprint density at radius 3 is 2.60 bits per heavy atom. The molecule has 1 aromatic heterocycles. The first-order valence-corrected chi connectivity index (χ1v) is 3.68. The third kappa shape index (κ3) is 1.38. The van der Waals surface area contributed by atoms with Gasteiger partial charge in [-0.05, 0) is 5.92 Å². The first-order valence-electron chi connectivity index (χ1n) is 3.68. The summed E-state index contributed by atoms with van der Waals surface area (Å²) in [6.45, 7) is 6.25. The van der Waals surface area contributed by atoms with Gasteiger partial charge >= 0.3 is 0 Å². The van der Waals surface area contributed by atoms with Gasteiger partial charge in [0.1, 0.15) is 6.26 Å². The second kappa shape index (κ2) is 2.86. The number of oxazole rings is 1. The summed E-state index contributed by atoms with van der Waals surface area (Å²) in [5, 5.41) is 0. The molecule has 2 heteroatoms. The molecular weight excluding hydrogens is 126 g/mol. The molecule has 0 bridgehead atoms. The number of nitrogens with zero attached hydrogens (tertiary/aromatic N) is 1. The predicted molar refractivity (Wildman–Crippen MR) is 40.0 cm³/mol. The van der Waals surface area contributed by atoms with Crippen LogP contribution in [-0.4, -0.2) is 4.98 Å². The summed E-state index contributed by atoms with van der Waals surface area (Å²) in [7, 11) is 0. The molecule has 0 atom stereocenters. The number of aryl methyl sites for hydroxylation is 1. The summed E-state index contributed by atoms with van der Waals surface area (Å²) in [5.74, 6) is 1.31. The van der Waals surface area contributed by atoms with Gasteiger partial charge in [-0.25, -0.2) is 4.98 Å². The molecule has 1 heterocycles. The van der Waals surface area contributed by atoms with Crippen LogP contribution in [0.1, 0.15) is 38.3 Å². The summed E-state index contributed by atoms with van der Waals surface area (Å²) in [6, 6.07) is 0. The molecule has 1 aromatic rings. The van der Waals surface area contributed by atoms with E-state index < -0.39 is 0 Å². The van der Waals surface area contributed by atoms with Gasteiger partial charge in [-0.3, -0.25) is 0 Å². The monoisotopic (exact) mass is 139 g/mol. The first kappa shape index (κ1) is 7.32. The Balaban J connectivity index is 2.78. The van der Waals surface area contributed by atoms with Crippen molar-refractivity contribution in [2.75, 3.05) is 0 Å². The maximum Gasteiger partial charge on any atom is 0.193 e. The van der Waals surface area contributed by atoms with Crippen LogP contribution in [0.25, 0.3) is 0 Å². The van der Waals surface area contributed by atoms with Gasteiger partial charge in [-0.15, -0.1) is 0 Å². The second-order valence-corrected chi connectivity index (χ2v) is 2.67. The smallest absolute Gasteiger partial charge is 0.193 e. The maximum absolute atomic E-state index is 5.16. The summed E-state index contributed by atoms with van der Waals surface area (Å²) < 4.78 is 5.16. The van der Waals surface area contributed by atoms with Crippen molar-refractivity contribution in [3.05, 3.63) is 17.8 Å². The lowest BCUT2D eigenvalue weighted by Gasteiger charge is -1.93. The Hall–Kier alpha value is -0.790. The van der Waals surface area contributed by atoms with Crippen LogP contribution in [-0.2, 0) is 6.42 Å². The Morgan fingerprint density at radius 2 is 2.30 bits per heavy atom. The fourth-order valence-electron chi connectivity index (χ4n) is 0.753. The molecule has 0 fully saturated rings. The largest absolute Gasteiger partial charge is 0.449 e. The van der Waals surface area contributed by atoms with Gasteiger partial charge in [-0.2, -0.15) is 0 Å². The van der Waals surface area contributed by atoms with E-state index in [1.165, 1.54) is 0 Å². The standard InChI is InChI=1S/C8H13NO/c1-4-8-9-7(5-10-8)6(2)3/h5-6H,4H2,1-3H3. The van der Waals surface area contributed by atoms with E-state index in [0.717, 1.165) is 18.0 Å². The first-order chi connectivity index (χ1) is 4.74. The van der Waals surface area contributed by atoms with E-state index in [1.54, 1.807) is 6.26 Å². The lowest BCUT2D eigenvalue weighted by molar-refractivity contribution is 0.501. The summed E-state index contributed by atoms with van der Waals surface area (Å²) in [6.07, 6.45) is 2.62. The van der Waals surface area contributed by atoms with Gasteiger partial charge < -0.3 is 4.42 Å². The molecule has 0 aliphatic rings. The zero-order valence-electron chi connectivity index (χ0n) is 6.72. The minimum Gasteiger partial charge on any atom is -0.449 e. The van der Waals surface area contributed by atoms with Crippen molar-refractivity contribution in [1.82, 2.24) is 4.98 Å². The lowest BCUT2D eigenvalue weighted by atomic mass is 10.2. The maximum atomic E-state index is 5.16. The number of hydrogen-bond acceptors (Lipinski definition) is 2. The molecule has 0 saturated carbocycles. The molecule has 0 saturated heterocycles. The fourth-order valence-corrected chi connectivity index (χ4v) is 0.753. The molecular formula is C8H13NO. The number of aromatic nitrogens is 1. The Labute approximate surface area is 61.3 Å². The van der Waals surface area contributed by atoms with Crippen LogP contribution < -0.4 is 0 Å². The SMILES string of the molecule is CCc1nc(C(C)C)co1. The molecule has 0 aromatic carbocycles. The van der Waals surface area contributed by atoms with Gasteiger partial charge in [0.05, 0.1) is 5.69 Å². The van der Waals surface area contributed by atoms with E-state index in [4.69, 9.17) is 4.42 Å². The molecule has 0 aliphatic heterocycles. The van der Waals surface area contributed by atoms with Crippen molar-refractivity contribution < 1.29 is 4.42 Å². The highest BCUT2D eigenvalue weighted by Gasteiger charge is 2.04. The Morgan fingerprint density at radius 1 is 1.60 bits per heavy atom. The van der Waals surface area contributed by atoms with E-state index in [-0.39, 0.29) is 0 Å². The van der Waals surface area contributed by atoms with E-state index in [0.29, 0.717) is 5.92 Å². The zero-order valence-corrected chi connectivity index (χ0v) is 6.72. The van der Waals surface area contributed by atoms with Gasteiger partial charge in [-0.1, -0.05) is 20.8 Å². The van der Waals surface area contributed by atoms with Crippen molar-refractivity contribution in [1.29, 1.82) is 0 Å². The number of hydrogen-bond donors (Lipinski definition) is 0. The minimum atomic E-state index is 0.476. The average Bonchev–Trinajstić information content (AvgIpc) is 2.34. The Kier molecular flexibility index (Phi) is 2.10. The van der Waals surface area contributed by atoms with Gasteiger partial charge in [0.2, 0.25) is 0 Å². The van der Waals surface area contributed by atoms with Gasteiger partial charge in [0.25, 0.3) is 0 Å². The molecule has 10 heavy (non-hydrogen) atoms. The minimum absolute atomic E-state index is 0.476. The molecule has 0 unspecified atom stereocenters. The van der Waals surface area contributed by atoms with E-state index >= 15 is 0 Å². The number of rotatable bonds is 2. The van der Waals surface area contributed by atoms with Gasteiger partial charge in [0, 0.05) is 6.42 Å². The van der Waals surface area contributed by atoms with Gasteiger partial charge in [0.15, 0.2) is 5.89 Å². The summed E-state index contributed by atoms with van der Waals surface area (Å²) in [5.41, 5.74) is 1.05. The average molecular weight is 139 g/mol. The van der Waals surface area contributed by atoms with Crippen LogP contribution in [0.15, 0.2) is 10.7 Å². The quantitative estimate of drug-likeness (QED) is 0.628. The highest BCUT2D eigenvalue weighted by molar-refractivity contribution is 5.01. The second-order valence-electron chi connectivity index (χ2n) is 2.67. The van der Waals surface area contributed by atoms with Crippen molar-refractivity contribution in [3.63, 3.8) is 0 Å². The predicted octanol–water partition coefficient (Wildman–Crippen LogP) is 2.36. The molecule has 0 aliphatic carbocycles. The third-order valence-corrected chi connectivity index (χ3v) is 1.46. The van der Waals surface area contributed by atoms with E-state index in [1.807, 2.05) is 6.92 Å². The van der Waals surface area contributed by atoms with Crippen molar-refractivity contribution >= 4 is 0 Å². The van der Waals surface area contributed by atoms with E-state index in [2.05, 4.69) is 18.8 Å². The van der Waals surface area contributed by atoms with Crippen molar-refractivity contribution in [2.24, 2.45) is 0 Å². The van der Waals surface area contributed by atoms with Crippen molar-refractivity contribution in [2.45, 2.75) is 33.1 Å². The topological polar surface area (TPSA) is 26.0 Å². The van der Waals surface area contributed by atoms with Crippen LogP contribution in [0.4, 0.5) is 0 Å². The molecule has 0 amide bonds. The summed E-state index contributed by atoms with van der Waals surface area (Å²) in [4.78, 5) is 4.26. The van der Waals surface area contributed by atoms with Crippen LogP contribution in [0.2, 0.25) is 0 Å². The third-order valence-electron chi connectivity index (χ3n) is 1.46. The van der Waals surface area contributed by atoms with Crippen LogP contribution >= 0.6 is 0 Å². The molecule has 1 rings (SSSR count). The van der Waals surface area contributed by atoms with Crippen LogP contribution in [0, 0.1) is 0 Å². The lowest BCUT2D eigenvalue weighted by Crippen LogP contribution is -1.87. The molecule has 0 spiro atoms. The van der Waals surface area contributed by atoms with Crippen LogP contribution in [0.5, 0.6) is 0 Å². The highest BCUT2D eigenvalue weighted by atomic mass is 16.3. The zero-order chi connectivity index (χ0) is 7.56. The molecule has 0 N–H and O–H groups in total. The molecule has 0 radical (unpaired) electrons. The molecule has 56 valence electrons. The van der Waals surface area contributed by atoms with Crippen LogP contribution in [0.3, 0.4) is 0 Å². The molecule has 2 nitrogen and oxygen atoms in total. The Bertz CT molecular complexity index is 203. The highest BCUT2D eigenvalue weighted by Crippen LogP contribution is 2.12. The fraction of sp³-hybridized carbons (Fsp3) is 0.625.